The number of benzene rings is 1. The molecule has 3 N–H and O–H groups in total. The van der Waals surface area contributed by atoms with Crippen molar-refractivity contribution >= 4 is 46.5 Å². The van der Waals surface area contributed by atoms with E-state index in [0.717, 1.165) is 6.42 Å². The molecule has 1 saturated heterocycles. The zero-order valence-electron chi connectivity index (χ0n) is 15.3. The fourth-order valence-electron chi connectivity index (χ4n) is 3.13. The highest BCUT2D eigenvalue weighted by molar-refractivity contribution is 6.42. The SMILES string of the molecule is O=C(O)N1CCC(CNc2cc(NCc3cccc(Cl)c3Cl)c([N+](=O)[O-])cn2)C1. The molecule has 1 aliphatic heterocycles. The second-order valence-electron chi connectivity index (χ2n) is 6.67. The first-order valence-corrected chi connectivity index (χ1v) is 9.63. The molecular formula is C18H19Cl2N5O4. The van der Waals surface area contributed by atoms with E-state index < -0.39 is 11.0 Å². The molecule has 9 nitrogen and oxygen atoms in total. The van der Waals surface area contributed by atoms with Crippen LogP contribution in [-0.2, 0) is 6.54 Å². The first kappa shape index (κ1) is 20.9. The summed E-state index contributed by atoms with van der Waals surface area (Å²) in [5.41, 5.74) is 0.841. The summed E-state index contributed by atoms with van der Waals surface area (Å²) >= 11 is 12.2. The Bertz CT molecular complexity index is 927. The molecule has 2 heterocycles. The average Bonchev–Trinajstić information content (AvgIpc) is 3.17. The molecule has 0 aliphatic carbocycles. The summed E-state index contributed by atoms with van der Waals surface area (Å²) in [4.78, 5) is 27.3. The minimum Gasteiger partial charge on any atom is -0.465 e. The van der Waals surface area contributed by atoms with E-state index in [1.54, 1.807) is 24.3 Å². The Morgan fingerprint density at radius 2 is 2.17 bits per heavy atom. The zero-order chi connectivity index (χ0) is 21.0. The third kappa shape index (κ3) is 5.18. The van der Waals surface area contributed by atoms with Gasteiger partial charge in [-0.05, 0) is 24.0 Å². The first-order chi connectivity index (χ1) is 13.8. The van der Waals surface area contributed by atoms with Crippen molar-refractivity contribution in [3.63, 3.8) is 0 Å². The fraction of sp³-hybridized carbons (Fsp3) is 0.333. The van der Waals surface area contributed by atoms with Crippen LogP contribution in [0.15, 0.2) is 30.5 Å². The number of pyridine rings is 1. The summed E-state index contributed by atoms with van der Waals surface area (Å²) in [6.45, 7) is 1.73. The third-order valence-electron chi connectivity index (χ3n) is 4.71. The van der Waals surface area contributed by atoms with E-state index >= 15 is 0 Å². The van der Waals surface area contributed by atoms with E-state index in [9.17, 15) is 14.9 Å². The first-order valence-electron chi connectivity index (χ1n) is 8.88. The molecule has 29 heavy (non-hydrogen) atoms. The maximum atomic E-state index is 11.3. The largest absolute Gasteiger partial charge is 0.465 e. The highest BCUT2D eigenvalue weighted by Crippen LogP contribution is 2.29. The Kier molecular flexibility index (Phi) is 6.60. The number of aromatic nitrogens is 1. The van der Waals surface area contributed by atoms with Crippen LogP contribution < -0.4 is 10.6 Å². The topological polar surface area (TPSA) is 121 Å². The Balaban J connectivity index is 1.68. The molecule has 3 rings (SSSR count). The molecule has 1 aliphatic rings. The van der Waals surface area contributed by atoms with E-state index in [2.05, 4.69) is 15.6 Å². The average molecular weight is 440 g/mol. The van der Waals surface area contributed by atoms with Crippen molar-refractivity contribution in [2.75, 3.05) is 30.3 Å². The summed E-state index contributed by atoms with van der Waals surface area (Å²) < 4.78 is 0. The van der Waals surface area contributed by atoms with Gasteiger partial charge in [-0.2, -0.15) is 0 Å². The lowest BCUT2D eigenvalue weighted by molar-refractivity contribution is -0.384. The lowest BCUT2D eigenvalue weighted by atomic mass is 10.1. The molecule has 1 unspecified atom stereocenters. The number of nitrogens with zero attached hydrogens (tertiary/aromatic N) is 3. The summed E-state index contributed by atoms with van der Waals surface area (Å²) in [5, 5.41) is 27.3. The number of halogens is 2. The lowest BCUT2D eigenvalue weighted by Gasteiger charge is -2.14. The predicted molar refractivity (Wildman–Crippen MR) is 111 cm³/mol. The van der Waals surface area contributed by atoms with Crippen molar-refractivity contribution < 1.29 is 14.8 Å². The molecule has 11 heteroatoms. The van der Waals surface area contributed by atoms with Gasteiger partial charge in [-0.3, -0.25) is 10.1 Å². The Labute approximate surface area is 176 Å². The van der Waals surface area contributed by atoms with Crippen LogP contribution in [0.1, 0.15) is 12.0 Å². The van der Waals surface area contributed by atoms with Gasteiger partial charge < -0.3 is 20.6 Å². The van der Waals surface area contributed by atoms with Gasteiger partial charge in [0, 0.05) is 32.2 Å². The van der Waals surface area contributed by atoms with Gasteiger partial charge in [0.15, 0.2) is 0 Å². The van der Waals surface area contributed by atoms with E-state index in [1.165, 1.54) is 11.1 Å². The van der Waals surface area contributed by atoms with Gasteiger partial charge in [-0.15, -0.1) is 0 Å². The molecule has 0 radical (unpaired) electrons. The van der Waals surface area contributed by atoms with Crippen molar-refractivity contribution in [2.45, 2.75) is 13.0 Å². The number of anilines is 2. The Morgan fingerprint density at radius 1 is 1.38 bits per heavy atom. The number of hydrogen-bond acceptors (Lipinski definition) is 6. The molecule has 0 bridgehead atoms. The molecule has 1 aromatic carbocycles. The molecule has 1 amide bonds. The predicted octanol–water partition coefficient (Wildman–Crippen LogP) is 4.32. The fourth-order valence-corrected chi connectivity index (χ4v) is 3.52. The van der Waals surface area contributed by atoms with E-state index in [0.29, 0.717) is 46.7 Å². The molecule has 154 valence electrons. The number of rotatable bonds is 7. The van der Waals surface area contributed by atoms with Crippen LogP contribution in [0.3, 0.4) is 0 Å². The van der Waals surface area contributed by atoms with Gasteiger partial charge in [0.25, 0.3) is 0 Å². The maximum absolute atomic E-state index is 11.3. The minimum atomic E-state index is -0.924. The van der Waals surface area contributed by atoms with Crippen LogP contribution >= 0.6 is 23.2 Å². The number of carbonyl (C=O) groups is 1. The summed E-state index contributed by atoms with van der Waals surface area (Å²) in [6, 6.07) is 6.75. The monoisotopic (exact) mass is 439 g/mol. The molecule has 2 aromatic rings. The summed E-state index contributed by atoms with van der Waals surface area (Å²) in [6.07, 6.45) is 1.01. The van der Waals surface area contributed by atoms with Gasteiger partial charge in [0.05, 0.1) is 15.0 Å². The molecule has 1 aromatic heterocycles. The van der Waals surface area contributed by atoms with Gasteiger partial charge in [0.1, 0.15) is 17.7 Å². The van der Waals surface area contributed by atoms with Crippen molar-refractivity contribution in [2.24, 2.45) is 5.92 Å². The number of likely N-dealkylation sites (tertiary alicyclic amines) is 1. The van der Waals surface area contributed by atoms with E-state index in [4.69, 9.17) is 28.3 Å². The third-order valence-corrected chi connectivity index (χ3v) is 5.57. The van der Waals surface area contributed by atoms with Gasteiger partial charge in [-0.1, -0.05) is 35.3 Å². The smallest absolute Gasteiger partial charge is 0.407 e. The van der Waals surface area contributed by atoms with Crippen LogP contribution in [0.5, 0.6) is 0 Å². The number of nitro groups is 1. The van der Waals surface area contributed by atoms with Gasteiger partial charge in [0.2, 0.25) is 0 Å². The summed E-state index contributed by atoms with van der Waals surface area (Å²) in [5.74, 6) is 0.619. The van der Waals surface area contributed by atoms with Crippen molar-refractivity contribution in [3.8, 4) is 0 Å². The van der Waals surface area contributed by atoms with Gasteiger partial charge in [-0.25, -0.2) is 9.78 Å². The Morgan fingerprint density at radius 3 is 2.86 bits per heavy atom. The lowest BCUT2D eigenvalue weighted by Crippen LogP contribution is -2.28. The van der Waals surface area contributed by atoms with Crippen molar-refractivity contribution in [3.05, 3.63) is 56.2 Å². The van der Waals surface area contributed by atoms with Crippen LogP contribution in [0.4, 0.5) is 22.0 Å². The van der Waals surface area contributed by atoms with Crippen molar-refractivity contribution in [1.29, 1.82) is 0 Å². The van der Waals surface area contributed by atoms with Crippen LogP contribution in [-0.4, -0.2) is 45.6 Å². The Hall–Kier alpha value is -2.78. The van der Waals surface area contributed by atoms with E-state index in [-0.39, 0.29) is 18.2 Å². The van der Waals surface area contributed by atoms with Crippen LogP contribution in [0.25, 0.3) is 0 Å². The molecule has 1 fully saturated rings. The highest BCUT2D eigenvalue weighted by atomic mass is 35.5. The van der Waals surface area contributed by atoms with E-state index in [1.807, 2.05) is 0 Å². The summed E-state index contributed by atoms with van der Waals surface area (Å²) in [7, 11) is 0. The highest BCUT2D eigenvalue weighted by Gasteiger charge is 2.26. The standard InChI is InChI=1S/C18H19Cl2N5O4/c19-13-3-1-2-12(17(13)20)8-21-14-6-16(23-9-15(14)25(28)29)22-7-11-4-5-24(10-11)18(26)27/h1-3,6,9,11H,4-5,7-8,10H2,(H,26,27)(H2,21,22,23). The van der Waals surface area contributed by atoms with Crippen LogP contribution in [0.2, 0.25) is 10.0 Å². The van der Waals surface area contributed by atoms with Gasteiger partial charge >= 0.3 is 11.8 Å². The molecule has 0 spiro atoms. The molecule has 1 atom stereocenters. The minimum absolute atomic E-state index is 0.157. The van der Waals surface area contributed by atoms with Crippen molar-refractivity contribution in [1.82, 2.24) is 9.88 Å². The number of carboxylic acid groups (broad SMARTS) is 1. The second kappa shape index (κ2) is 9.15. The quantitative estimate of drug-likeness (QED) is 0.433. The molecule has 0 saturated carbocycles. The normalized spacial score (nSPS) is 15.9. The zero-order valence-corrected chi connectivity index (χ0v) is 16.8. The maximum Gasteiger partial charge on any atom is 0.407 e. The number of hydrogen-bond donors (Lipinski definition) is 3. The van der Waals surface area contributed by atoms with Crippen LogP contribution in [0, 0.1) is 16.0 Å². The number of amides is 1. The second-order valence-corrected chi connectivity index (χ2v) is 7.46. The number of nitrogens with one attached hydrogen (secondary N) is 2. The molecular weight excluding hydrogens is 421 g/mol.